The monoisotopic (exact) mass is 367 g/mol. The lowest BCUT2D eigenvalue weighted by Gasteiger charge is -2.45. The van der Waals surface area contributed by atoms with Gasteiger partial charge < -0.3 is 19.5 Å². The minimum absolute atomic E-state index is 0.0387. The predicted molar refractivity (Wildman–Crippen MR) is 94.2 cm³/mol. The summed E-state index contributed by atoms with van der Waals surface area (Å²) in [6.45, 7) is 8.67. The second-order valence-corrected chi connectivity index (χ2v) is 8.92. The van der Waals surface area contributed by atoms with Crippen molar-refractivity contribution in [2.24, 2.45) is 0 Å². The van der Waals surface area contributed by atoms with Crippen LogP contribution in [-0.4, -0.2) is 46.9 Å². The summed E-state index contributed by atoms with van der Waals surface area (Å²) < 4.78 is 11.8. The number of carbonyl (C=O) groups is 2. The van der Waals surface area contributed by atoms with Crippen molar-refractivity contribution in [1.29, 1.82) is 0 Å². The quantitative estimate of drug-likeness (QED) is 0.820. The second-order valence-electron chi connectivity index (χ2n) is 7.86. The lowest BCUT2D eigenvalue weighted by molar-refractivity contribution is -0.129. The van der Waals surface area contributed by atoms with Crippen molar-refractivity contribution in [3.05, 3.63) is 21.4 Å². The number of likely N-dealkylation sites (tertiary alicyclic amines) is 1. The number of amides is 1. The molecule has 0 bridgehead atoms. The largest absolute Gasteiger partial charge is 0.477 e. The first kappa shape index (κ1) is 18.2. The summed E-state index contributed by atoms with van der Waals surface area (Å²) in [6, 6.07) is 1.78. The van der Waals surface area contributed by atoms with Crippen LogP contribution in [0.15, 0.2) is 6.07 Å². The number of piperidine rings is 1. The number of hydrogen-bond acceptors (Lipinski definition) is 5. The molecule has 7 heteroatoms. The average Bonchev–Trinajstić information content (AvgIpc) is 2.91. The van der Waals surface area contributed by atoms with Crippen LogP contribution in [0.25, 0.3) is 0 Å². The molecule has 6 nitrogen and oxygen atoms in total. The maximum atomic E-state index is 12.3. The van der Waals surface area contributed by atoms with Crippen LogP contribution in [0.4, 0.5) is 4.79 Å². The highest BCUT2D eigenvalue weighted by molar-refractivity contribution is 7.14. The summed E-state index contributed by atoms with van der Waals surface area (Å²) >= 11 is 1.31. The molecule has 1 amide bonds. The summed E-state index contributed by atoms with van der Waals surface area (Å²) in [5, 5.41) is 9.31. The number of fused-ring (bicyclic) bond motifs is 2. The number of carboxylic acids is 1. The third kappa shape index (κ3) is 3.67. The highest BCUT2D eigenvalue weighted by Gasteiger charge is 2.45. The fourth-order valence-corrected chi connectivity index (χ4v) is 4.80. The number of ether oxygens (including phenoxy) is 2. The lowest BCUT2D eigenvalue weighted by atomic mass is 9.84. The molecule has 0 saturated carbocycles. The van der Waals surface area contributed by atoms with Crippen molar-refractivity contribution in [2.45, 2.75) is 64.3 Å². The fourth-order valence-electron chi connectivity index (χ4n) is 3.58. The molecule has 3 heterocycles. The summed E-state index contributed by atoms with van der Waals surface area (Å²) in [4.78, 5) is 26.7. The molecule has 1 spiro atoms. The van der Waals surface area contributed by atoms with Gasteiger partial charge in [-0.05, 0) is 58.6 Å². The Balaban J connectivity index is 1.79. The number of hydrogen-bond donors (Lipinski definition) is 1. The molecule has 1 N–H and O–H groups in total. The molecular weight excluding hydrogens is 342 g/mol. The molecule has 1 fully saturated rings. The fraction of sp³-hybridized carbons (Fsp3) is 0.667. The Morgan fingerprint density at radius 3 is 2.56 bits per heavy atom. The minimum Gasteiger partial charge on any atom is -0.477 e. The average molecular weight is 367 g/mol. The molecule has 25 heavy (non-hydrogen) atoms. The predicted octanol–water partition coefficient (Wildman–Crippen LogP) is 3.63. The Hall–Kier alpha value is -1.60. The molecule has 0 aliphatic carbocycles. The smallest absolute Gasteiger partial charge is 0.410 e. The van der Waals surface area contributed by atoms with E-state index < -0.39 is 17.2 Å². The highest BCUT2D eigenvalue weighted by atomic mass is 32.1. The Bertz CT molecular complexity index is 682. The van der Waals surface area contributed by atoms with Gasteiger partial charge >= 0.3 is 12.1 Å². The van der Waals surface area contributed by atoms with E-state index in [0.29, 0.717) is 30.8 Å². The molecular formula is C18H25NO5S. The number of rotatable bonds is 1. The van der Waals surface area contributed by atoms with Crippen LogP contribution in [-0.2, 0) is 21.5 Å². The van der Waals surface area contributed by atoms with Gasteiger partial charge in [-0.2, -0.15) is 0 Å². The van der Waals surface area contributed by atoms with E-state index in [9.17, 15) is 14.7 Å². The number of thiophene rings is 1. The standard InChI is InChI=1S/C18H25NO5S/c1-11-9-12-10-13(15(20)21)25-14(12)18(23-11)5-7-19(8-6-18)16(22)24-17(2,3)4/h10-11H,5-9H2,1-4H3,(H,20,21)/t11-/m1/s1. The van der Waals surface area contributed by atoms with Gasteiger partial charge in [0.2, 0.25) is 0 Å². The second kappa shape index (κ2) is 6.29. The first-order valence-electron chi connectivity index (χ1n) is 8.62. The zero-order valence-electron chi connectivity index (χ0n) is 15.1. The van der Waals surface area contributed by atoms with Gasteiger partial charge in [0.15, 0.2) is 0 Å². The van der Waals surface area contributed by atoms with Gasteiger partial charge in [0.1, 0.15) is 16.1 Å². The molecule has 0 radical (unpaired) electrons. The van der Waals surface area contributed by atoms with Crippen molar-refractivity contribution >= 4 is 23.4 Å². The van der Waals surface area contributed by atoms with Crippen LogP contribution in [0, 0.1) is 0 Å². The Labute approximate surface area is 151 Å². The molecule has 0 aromatic carbocycles. The van der Waals surface area contributed by atoms with Gasteiger partial charge in [-0.25, -0.2) is 9.59 Å². The summed E-state index contributed by atoms with van der Waals surface area (Å²) in [5.41, 5.74) is 0.0790. The van der Waals surface area contributed by atoms with E-state index in [4.69, 9.17) is 9.47 Å². The van der Waals surface area contributed by atoms with Crippen LogP contribution in [0.1, 0.15) is 60.6 Å². The molecule has 0 unspecified atom stereocenters. The third-order valence-electron chi connectivity index (χ3n) is 4.59. The maximum Gasteiger partial charge on any atom is 0.410 e. The zero-order chi connectivity index (χ0) is 18.4. The van der Waals surface area contributed by atoms with E-state index in [0.717, 1.165) is 16.9 Å². The number of aromatic carboxylic acids is 1. The van der Waals surface area contributed by atoms with Gasteiger partial charge in [0.05, 0.1) is 6.10 Å². The summed E-state index contributed by atoms with van der Waals surface area (Å²) in [5.74, 6) is -0.895. The van der Waals surface area contributed by atoms with E-state index in [1.807, 2.05) is 27.7 Å². The minimum atomic E-state index is -0.895. The summed E-state index contributed by atoms with van der Waals surface area (Å²) in [7, 11) is 0. The molecule has 1 atom stereocenters. The zero-order valence-corrected chi connectivity index (χ0v) is 15.9. The molecule has 1 saturated heterocycles. The van der Waals surface area contributed by atoms with Crippen LogP contribution in [0.5, 0.6) is 0 Å². The molecule has 1 aromatic heterocycles. The summed E-state index contributed by atoms with van der Waals surface area (Å²) in [6.07, 6.45) is 1.78. The first-order chi connectivity index (χ1) is 11.6. The Morgan fingerprint density at radius 2 is 2.00 bits per heavy atom. The third-order valence-corrected chi connectivity index (χ3v) is 5.94. The van der Waals surface area contributed by atoms with Gasteiger partial charge in [-0.15, -0.1) is 11.3 Å². The van der Waals surface area contributed by atoms with E-state index in [1.165, 1.54) is 11.3 Å². The van der Waals surface area contributed by atoms with Gasteiger partial charge in [0, 0.05) is 18.0 Å². The van der Waals surface area contributed by atoms with Crippen molar-refractivity contribution < 1.29 is 24.2 Å². The topological polar surface area (TPSA) is 76.1 Å². The molecule has 138 valence electrons. The molecule has 3 rings (SSSR count). The Morgan fingerprint density at radius 1 is 1.36 bits per heavy atom. The number of carbonyl (C=O) groups excluding carboxylic acids is 1. The van der Waals surface area contributed by atoms with Gasteiger partial charge in [-0.3, -0.25) is 0 Å². The lowest BCUT2D eigenvalue weighted by Crippen LogP contribution is -2.50. The first-order valence-corrected chi connectivity index (χ1v) is 9.43. The van der Waals surface area contributed by atoms with E-state index in [-0.39, 0.29) is 12.2 Å². The number of carboxylic acid groups (broad SMARTS) is 1. The van der Waals surface area contributed by atoms with Crippen LogP contribution >= 0.6 is 11.3 Å². The molecule has 2 aliphatic rings. The SMILES string of the molecule is C[C@@H]1Cc2cc(C(=O)O)sc2C2(CCN(C(=O)OC(C)(C)C)CC2)O1. The van der Waals surface area contributed by atoms with E-state index in [2.05, 4.69) is 0 Å². The number of nitrogens with zero attached hydrogens (tertiary/aromatic N) is 1. The molecule has 2 aliphatic heterocycles. The van der Waals surface area contributed by atoms with Gasteiger partial charge in [-0.1, -0.05) is 0 Å². The Kier molecular flexibility index (Phi) is 4.58. The van der Waals surface area contributed by atoms with Crippen molar-refractivity contribution in [1.82, 2.24) is 4.90 Å². The van der Waals surface area contributed by atoms with Crippen molar-refractivity contribution in [3.8, 4) is 0 Å². The van der Waals surface area contributed by atoms with E-state index in [1.54, 1.807) is 11.0 Å². The van der Waals surface area contributed by atoms with Crippen LogP contribution in [0.2, 0.25) is 0 Å². The van der Waals surface area contributed by atoms with Crippen LogP contribution in [0.3, 0.4) is 0 Å². The maximum absolute atomic E-state index is 12.3. The van der Waals surface area contributed by atoms with Gasteiger partial charge in [0.25, 0.3) is 0 Å². The highest BCUT2D eigenvalue weighted by Crippen LogP contribution is 2.47. The van der Waals surface area contributed by atoms with Crippen molar-refractivity contribution in [2.75, 3.05) is 13.1 Å². The normalized spacial score (nSPS) is 22.6. The molecule has 1 aromatic rings. The van der Waals surface area contributed by atoms with Crippen molar-refractivity contribution in [3.63, 3.8) is 0 Å². The van der Waals surface area contributed by atoms with Crippen LogP contribution < -0.4 is 0 Å². The van der Waals surface area contributed by atoms with E-state index >= 15 is 0 Å².